The Hall–Kier alpha value is -2.39. The molecular formula is C22H21IN2O3S. The van der Waals surface area contributed by atoms with Gasteiger partial charge in [0.05, 0.1) is 10.6 Å². The van der Waals surface area contributed by atoms with Crippen LogP contribution in [0.15, 0.2) is 65.6 Å². The lowest BCUT2D eigenvalue weighted by molar-refractivity contribution is 0.102. The number of sulfonamides is 1. The first-order valence-corrected chi connectivity index (χ1v) is 11.5. The van der Waals surface area contributed by atoms with E-state index in [0.29, 0.717) is 16.9 Å². The zero-order valence-electron chi connectivity index (χ0n) is 16.3. The lowest BCUT2D eigenvalue weighted by atomic mass is 10.1. The van der Waals surface area contributed by atoms with Crippen LogP contribution in [0.5, 0.6) is 0 Å². The quantitative estimate of drug-likeness (QED) is 0.451. The highest BCUT2D eigenvalue weighted by molar-refractivity contribution is 14.1. The van der Waals surface area contributed by atoms with Gasteiger partial charge in [0.25, 0.3) is 15.9 Å². The van der Waals surface area contributed by atoms with E-state index in [0.717, 1.165) is 14.7 Å². The minimum absolute atomic E-state index is 0.0766. The molecule has 3 aromatic carbocycles. The number of hydrogen-bond donors (Lipinski definition) is 2. The first kappa shape index (κ1) is 21.3. The van der Waals surface area contributed by atoms with Gasteiger partial charge in [-0.2, -0.15) is 0 Å². The van der Waals surface area contributed by atoms with Crippen LogP contribution in [0.25, 0.3) is 0 Å². The average Bonchev–Trinajstić information content (AvgIpc) is 2.66. The summed E-state index contributed by atoms with van der Waals surface area (Å²) in [6.45, 7) is 5.51. The Morgan fingerprint density at radius 3 is 2.21 bits per heavy atom. The van der Waals surface area contributed by atoms with E-state index < -0.39 is 10.0 Å². The van der Waals surface area contributed by atoms with Gasteiger partial charge in [-0.05, 0) is 97.0 Å². The maximum Gasteiger partial charge on any atom is 0.262 e. The predicted molar refractivity (Wildman–Crippen MR) is 125 cm³/mol. The highest BCUT2D eigenvalue weighted by Crippen LogP contribution is 2.24. The van der Waals surface area contributed by atoms with Crippen molar-refractivity contribution in [2.75, 3.05) is 10.0 Å². The molecule has 0 aliphatic carbocycles. The Morgan fingerprint density at radius 2 is 1.55 bits per heavy atom. The molecule has 0 bridgehead atoms. The molecule has 3 aromatic rings. The molecule has 29 heavy (non-hydrogen) atoms. The molecule has 0 saturated carbocycles. The van der Waals surface area contributed by atoms with E-state index in [1.807, 2.05) is 38.1 Å². The van der Waals surface area contributed by atoms with E-state index in [4.69, 9.17) is 0 Å². The largest absolute Gasteiger partial charge is 0.322 e. The van der Waals surface area contributed by atoms with Crippen molar-refractivity contribution >= 4 is 49.9 Å². The second-order valence-corrected chi connectivity index (χ2v) is 9.76. The van der Waals surface area contributed by atoms with Crippen LogP contribution in [0.1, 0.15) is 27.0 Å². The third-order valence-electron chi connectivity index (χ3n) is 4.47. The number of halogens is 1. The summed E-state index contributed by atoms with van der Waals surface area (Å²) in [5.74, 6) is -0.367. The van der Waals surface area contributed by atoms with Gasteiger partial charge < -0.3 is 5.32 Å². The average molecular weight is 520 g/mol. The molecule has 0 aliphatic rings. The molecule has 5 nitrogen and oxygen atoms in total. The van der Waals surface area contributed by atoms with Crippen LogP contribution in [0.2, 0.25) is 0 Å². The fourth-order valence-electron chi connectivity index (χ4n) is 2.90. The molecule has 2 N–H and O–H groups in total. The van der Waals surface area contributed by atoms with E-state index in [2.05, 4.69) is 32.6 Å². The highest BCUT2D eigenvalue weighted by Gasteiger charge is 2.20. The topological polar surface area (TPSA) is 75.3 Å². The van der Waals surface area contributed by atoms with E-state index >= 15 is 0 Å². The highest BCUT2D eigenvalue weighted by atomic mass is 127. The van der Waals surface area contributed by atoms with Crippen LogP contribution in [-0.4, -0.2) is 14.3 Å². The maximum absolute atomic E-state index is 13.0. The standard InChI is InChI=1S/C22H21IN2O3S/c1-14-4-11-20(16(3)12-14)25-29(27,28)21-13-17(6-5-15(21)2)22(26)24-19-9-7-18(23)8-10-19/h4-13,25H,1-3H3,(H,24,26). The van der Waals surface area contributed by atoms with Crippen molar-refractivity contribution in [3.63, 3.8) is 0 Å². The number of carbonyl (C=O) groups excluding carboxylic acids is 1. The summed E-state index contributed by atoms with van der Waals surface area (Å²) in [5, 5.41) is 2.79. The van der Waals surface area contributed by atoms with Gasteiger partial charge in [0, 0.05) is 14.8 Å². The number of nitrogens with one attached hydrogen (secondary N) is 2. The molecule has 0 heterocycles. The van der Waals surface area contributed by atoms with Crippen molar-refractivity contribution in [1.82, 2.24) is 0 Å². The number of amides is 1. The Bertz CT molecular complexity index is 1170. The minimum Gasteiger partial charge on any atom is -0.322 e. The third-order valence-corrected chi connectivity index (χ3v) is 6.69. The van der Waals surface area contributed by atoms with Crippen molar-refractivity contribution in [3.05, 3.63) is 86.5 Å². The number of aryl methyl sites for hydroxylation is 3. The molecule has 1 amide bonds. The van der Waals surface area contributed by atoms with E-state index in [9.17, 15) is 13.2 Å². The van der Waals surface area contributed by atoms with E-state index in [-0.39, 0.29) is 16.4 Å². The van der Waals surface area contributed by atoms with Crippen molar-refractivity contribution in [2.24, 2.45) is 0 Å². The molecule has 0 radical (unpaired) electrons. The van der Waals surface area contributed by atoms with Gasteiger partial charge in [0.2, 0.25) is 0 Å². The van der Waals surface area contributed by atoms with Crippen molar-refractivity contribution in [3.8, 4) is 0 Å². The molecule has 0 atom stereocenters. The number of hydrogen-bond acceptors (Lipinski definition) is 3. The Kier molecular flexibility index (Phi) is 6.28. The van der Waals surface area contributed by atoms with E-state index in [1.54, 1.807) is 37.3 Å². The fraction of sp³-hybridized carbons (Fsp3) is 0.136. The molecule has 0 aliphatic heterocycles. The molecule has 0 aromatic heterocycles. The minimum atomic E-state index is -3.84. The van der Waals surface area contributed by atoms with Gasteiger partial charge in [0.1, 0.15) is 0 Å². The van der Waals surface area contributed by atoms with Crippen LogP contribution < -0.4 is 10.0 Å². The van der Waals surface area contributed by atoms with Gasteiger partial charge in [-0.1, -0.05) is 23.8 Å². The number of rotatable bonds is 5. The van der Waals surface area contributed by atoms with Gasteiger partial charge >= 0.3 is 0 Å². The second kappa shape index (κ2) is 8.54. The van der Waals surface area contributed by atoms with Crippen LogP contribution in [-0.2, 0) is 10.0 Å². The summed E-state index contributed by atoms with van der Waals surface area (Å²) in [6, 6.07) is 17.5. The zero-order valence-corrected chi connectivity index (χ0v) is 19.3. The number of carbonyl (C=O) groups is 1. The SMILES string of the molecule is Cc1ccc(NS(=O)(=O)c2cc(C(=O)Nc3ccc(I)cc3)ccc2C)c(C)c1. The summed E-state index contributed by atoms with van der Waals surface area (Å²) in [4.78, 5) is 12.7. The van der Waals surface area contributed by atoms with Gasteiger partial charge in [-0.3, -0.25) is 9.52 Å². The molecule has 0 unspecified atom stereocenters. The predicted octanol–water partition coefficient (Wildman–Crippen LogP) is 5.27. The van der Waals surface area contributed by atoms with Crippen molar-refractivity contribution < 1.29 is 13.2 Å². The van der Waals surface area contributed by atoms with Crippen LogP contribution >= 0.6 is 22.6 Å². The third kappa shape index (κ3) is 5.16. The van der Waals surface area contributed by atoms with E-state index in [1.165, 1.54) is 6.07 Å². The van der Waals surface area contributed by atoms with Gasteiger partial charge in [-0.25, -0.2) is 8.42 Å². The number of benzene rings is 3. The first-order chi connectivity index (χ1) is 13.7. The Labute approximate surface area is 184 Å². The summed E-state index contributed by atoms with van der Waals surface area (Å²) in [7, 11) is -3.84. The summed E-state index contributed by atoms with van der Waals surface area (Å²) >= 11 is 2.18. The molecule has 7 heteroatoms. The maximum atomic E-state index is 13.0. The Balaban J connectivity index is 1.89. The normalized spacial score (nSPS) is 11.2. The zero-order chi connectivity index (χ0) is 21.2. The molecule has 0 fully saturated rings. The second-order valence-electron chi connectivity index (χ2n) is 6.87. The molecule has 150 valence electrons. The lowest BCUT2D eigenvalue weighted by Gasteiger charge is -2.14. The monoisotopic (exact) mass is 520 g/mol. The molecule has 3 rings (SSSR count). The number of anilines is 2. The Morgan fingerprint density at radius 1 is 0.862 bits per heavy atom. The smallest absolute Gasteiger partial charge is 0.262 e. The molecular weight excluding hydrogens is 499 g/mol. The summed E-state index contributed by atoms with van der Waals surface area (Å²) < 4.78 is 29.7. The van der Waals surface area contributed by atoms with Crippen LogP contribution in [0, 0.1) is 24.3 Å². The summed E-state index contributed by atoms with van der Waals surface area (Å²) in [6.07, 6.45) is 0. The fourth-order valence-corrected chi connectivity index (χ4v) is 4.66. The van der Waals surface area contributed by atoms with Crippen molar-refractivity contribution in [1.29, 1.82) is 0 Å². The first-order valence-electron chi connectivity index (χ1n) is 8.93. The van der Waals surface area contributed by atoms with Crippen LogP contribution in [0.4, 0.5) is 11.4 Å². The summed E-state index contributed by atoms with van der Waals surface area (Å²) in [5.41, 5.74) is 3.88. The van der Waals surface area contributed by atoms with Crippen molar-refractivity contribution in [2.45, 2.75) is 25.7 Å². The molecule has 0 spiro atoms. The van der Waals surface area contributed by atoms with Gasteiger partial charge in [0.15, 0.2) is 0 Å². The lowest BCUT2D eigenvalue weighted by Crippen LogP contribution is -2.17. The van der Waals surface area contributed by atoms with Gasteiger partial charge in [-0.15, -0.1) is 0 Å². The molecule has 0 saturated heterocycles. The van der Waals surface area contributed by atoms with Crippen LogP contribution in [0.3, 0.4) is 0 Å².